The van der Waals surface area contributed by atoms with Crippen LogP contribution >= 0.6 is 11.6 Å². The number of aliphatic hydroxyl groups excluding tert-OH is 1. The van der Waals surface area contributed by atoms with E-state index >= 15 is 0 Å². The predicted molar refractivity (Wildman–Crippen MR) is 178 cm³/mol. The lowest BCUT2D eigenvalue weighted by Gasteiger charge is -2.47. The highest BCUT2D eigenvalue weighted by molar-refractivity contribution is 7.90. The summed E-state index contributed by atoms with van der Waals surface area (Å²) in [5.74, 6) is 0.776. The Hall–Kier alpha value is -2.37. The maximum absolute atomic E-state index is 13.5. The fourth-order valence-corrected chi connectivity index (χ4v) is 9.06. The molecule has 9 nitrogen and oxygen atoms in total. The molecule has 1 saturated heterocycles. The van der Waals surface area contributed by atoms with Crippen molar-refractivity contribution in [1.82, 2.24) is 4.72 Å². The number of amides is 1. The average Bonchev–Trinajstić information content (AvgIpc) is 3.05. The minimum atomic E-state index is -3.92. The van der Waals surface area contributed by atoms with Gasteiger partial charge in [0.2, 0.25) is 10.0 Å². The molecule has 0 spiro atoms. The Morgan fingerprint density at radius 2 is 1.74 bits per heavy atom. The van der Waals surface area contributed by atoms with Gasteiger partial charge in [-0.15, -0.1) is 0 Å². The summed E-state index contributed by atoms with van der Waals surface area (Å²) < 4.78 is 47.7. The molecule has 3 aliphatic heterocycles. The first-order valence-electron chi connectivity index (χ1n) is 16.9. The first kappa shape index (κ1) is 33.5. The molecule has 2 N–H and O–H groups in total. The highest BCUT2D eigenvalue weighted by Gasteiger charge is 2.43. The van der Waals surface area contributed by atoms with E-state index < -0.39 is 27.3 Å². The molecule has 2 aromatic rings. The van der Waals surface area contributed by atoms with Crippen molar-refractivity contribution in [3.05, 3.63) is 58.1 Å². The molecule has 1 amide bonds. The Morgan fingerprint density at radius 3 is 2.50 bits per heavy atom. The molecule has 2 fully saturated rings. The fourth-order valence-electron chi connectivity index (χ4n) is 7.55. The highest BCUT2D eigenvalue weighted by atomic mass is 35.5. The largest absolute Gasteiger partial charge is 0.487 e. The Morgan fingerprint density at radius 1 is 0.935 bits per heavy atom. The number of benzene rings is 2. The number of aryl methyl sites for hydroxylation is 1. The summed E-state index contributed by atoms with van der Waals surface area (Å²) >= 11 is 6.35. The third-order valence-electron chi connectivity index (χ3n) is 10.7. The van der Waals surface area contributed by atoms with Crippen LogP contribution in [0.5, 0.6) is 5.75 Å². The van der Waals surface area contributed by atoms with Gasteiger partial charge in [0.15, 0.2) is 6.29 Å². The van der Waals surface area contributed by atoms with Crippen LogP contribution in [0.1, 0.15) is 80.3 Å². The zero-order chi connectivity index (χ0) is 32.4. The summed E-state index contributed by atoms with van der Waals surface area (Å²) in [4.78, 5) is 15.8. The molecule has 46 heavy (non-hydrogen) atoms. The smallest absolute Gasteiger partial charge is 0.264 e. The molecular formula is C35H47ClN2O7S. The first-order valence-corrected chi connectivity index (χ1v) is 18.8. The maximum Gasteiger partial charge on any atom is 0.264 e. The normalized spacial score (nSPS) is 32.4. The van der Waals surface area contributed by atoms with Crippen molar-refractivity contribution in [1.29, 1.82) is 0 Å². The molecule has 252 valence electrons. The minimum absolute atomic E-state index is 0.142. The topological polar surface area (TPSA) is 114 Å². The van der Waals surface area contributed by atoms with Gasteiger partial charge < -0.3 is 24.2 Å². The number of carbonyl (C=O) groups is 1. The number of nitrogens with zero attached hydrogens (tertiary/aromatic N) is 1. The zero-order valence-corrected chi connectivity index (χ0v) is 28.4. The lowest BCUT2D eigenvalue weighted by Crippen LogP contribution is -2.48. The standard InChI is InChI=1S/C35H47ClN2O7S/c1-22-6-5-8-31(35-44-20-29(39)21-45-35)30-13-10-26(30)18-38-15-4-3-7-24-16-28(36)12-9-27(24)19-43-33-14-11-25(17-32(33)38)34(40)37-46(41,42)23(22)2/h9,11-12,14,16-17,22-23,26,29-31,35,39H,3-8,10,13,15,18-21H2,1-2H3,(H,37,40)/t22-,23+,26-,29-,30+,31-,35+/m0/s1. The number of nitrogens with one attached hydrogen (secondary N) is 1. The van der Waals surface area contributed by atoms with Gasteiger partial charge in [-0.1, -0.05) is 31.0 Å². The number of ether oxygens (including phenoxy) is 3. The van der Waals surface area contributed by atoms with Crippen LogP contribution in [0.3, 0.4) is 0 Å². The second kappa shape index (κ2) is 14.4. The van der Waals surface area contributed by atoms with Crippen molar-refractivity contribution < 1.29 is 32.5 Å². The van der Waals surface area contributed by atoms with Gasteiger partial charge in [-0.3, -0.25) is 4.79 Å². The molecule has 1 aliphatic carbocycles. The summed E-state index contributed by atoms with van der Waals surface area (Å²) in [6.45, 7) is 6.04. The number of hydrogen-bond donors (Lipinski definition) is 2. The van der Waals surface area contributed by atoms with Crippen molar-refractivity contribution in [2.24, 2.45) is 23.7 Å². The summed E-state index contributed by atoms with van der Waals surface area (Å²) in [6.07, 6.45) is 6.30. The summed E-state index contributed by atoms with van der Waals surface area (Å²) in [6, 6.07) is 11.2. The second-order valence-electron chi connectivity index (χ2n) is 13.7. The summed E-state index contributed by atoms with van der Waals surface area (Å²) in [7, 11) is -3.92. The van der Waals surface area contributed by atoms with Gasteiger partial charge in [0.1, 0.15) is 18.5 Å². The van der Waals surface area contributed by atoms with Crippen LogP contribution in [0.15, 0.2) is 36.4 Å². The van der Waals surface area contributed by atoms with Crippen molar-refractivity contribution in [2.75, 3.05) is 31.2 Å². The van der Waals surface area contributed by atoms with Crippen LogP contribution in [0, 0.1) is 23.7 Å². The first-order chi connectivity index (χ1) is 22.1. The van der Waals surface area contributed by atoms with E-state index in [9.17, 15) is 18.3 Å². The van der Waals surface area contributed by atoms with Gasteiger partial charge >= 0.3 is 0 Å². The van der Waals surface area contributed by atoms with Gasteiger partial charge in [0.25, 0.3) is 5.91 Å². The third kappa shape index (κ3) is 7.51. The third-order valence-corrected chi connectivity index (χ3v) is 12.8. The Bertz CT molecular complexity index is 1500. The molecule has 3 heterocycles. The number of anilines is 1. The van der Waals surface area contributed by atoms with Gasteiger partial charge in [0.05, 0.1) is 24.2 Å². The summed E-state index contributed by atoms with van der Waals surface area (Å²) in [5.41, 5.74) is 3.34. The lowest BCUT2D eigenvalue weighted by atomic mass is 9.65. The molecule has 2 aromatic carbocycles. The molecule has 1 saturated carbocycles. The molecule has 5 atom stereocenters. The Labute approximate surface area is 278 Å². The lowest BCUT2D eigenvalue weighted by molar-refractivity contribution is -0.252. The molecule has 2 bridgehead atoms. The number of rotatable bonds is 1. The van der Waals surface area contributed by atoms with Crippen molar-refractivity contribution in [2.45, 2.75) is 89.5 Å². The van der Waals surface area contributed by atoms with Crippen LogP contribution in [-0.2, 0) is 32.5 Å². The van der Waals surface area contributed by atoms with Crippen LogP contribution in [0.4, 0.5) is 5.69 Å². The number of fused-ring (bicyclic) bond motifs is 3. The van der Waals surface area contributed by atoms with Gasteiger partial charge in [-0.05, 0) is 111 Å². The van der Waals surface area contributed by atoms with Gasteiger partial charge in [-0.25, -0.2) is 13.1 Å². The Balaban J connectivity index is 1.36. The SMILES string of the molecule is C[C@@H]1[C@@H](C)CCC[C@H]([C@H]2OC[C@@H](O)CO2)[C@@H]2CC[C@H]2CN2CCCCc3cc(Cl)ccc3COc3ccc(cc32)C(=O)NS1(=O)=O. The van der Waals surface area contributed by atoms with E-state index in [4.69, 9.17) is 25.8 Å². The van der Waals surface area contributed by atoms with E-state index in [2.05, 4.69) is 9.62 Å². The molecule has 11 heteroatoms. The second-order valence-corrected chi connectivity index (χ2v) is 16.2. The molecule has 0 aromatic heterocycles. The zero-order valence-electron chi connectivity index (χ0n) is 26.8. The van der Waals surface area contributed by atoms with Gasteiger partial charge in [-0.2, -0.15) is 0 Å². The minimum Gasteiger partial charge on any atom is -0.487 e. The van der Waals surface area contributed by atoms with Gasteiger partial charge in [0, 0.05) is 29.6 Å². The highest BCUT2D eigenvalue weighted by Crippen LogP contribution is 2.46. The van der Waals surface area contributed by atoms with E-state index in [1.807, 2.05) is 25.1 Å². The summed E-state index contributed by atoms with van der Waals surface area (Å²) in [5, 5.41) is 10.00. The van der Waals surface area contributed by atoms with E-state index in [1.54, 1.807) is 25.1 Å². The van der Waals surface area contributed by atoms with Crippen molar-refractivity contribution >= 4 is 33.2 Å². The number of carbonyl (C=O) groups excluding carboxylic acids is 1. The molecule has 6 rings (SSSR count). The molecule has 0 radical (unpaired) electrons. The van der Waals surface area contributed by atoms with Crippen LogP contribution in [0.2, 0.25) is 5.02 Å². The number of hydrogen-bond acceptors (Lipinski definition) is 8. The molecular weight excluding hydrogens is 628 g/mol. The van der Waals surface area contributed by atoms with Crippen LogP contribution in [0.25, 0.3) is 0 Å². The van der Waals surface area contributed by atoms with E-state index in [-0.39, 0.29) is 36.9 Å². The predicted octanol–water partition coefficient (Wildman–Crippen LogP) is 5.71. The van der Waals surface area contributed by atoms with Crippen molar-refractivity contribution in [3.63, 3.8) is 0 Å². The Kier molecular flexibility index (Phi) is 10.5. The monoisotopic (exact) mass is 674 g/mol. The van der Waals surface area contributed by atoms with E-state index in [1.165, 1.54) is 5.56 Å². The van der Waals surface area contributed by atoms with Crippen molar-refractivity contribution in [3.8, 4) is 5.75 Å². The fraction of sp³-hybridized carbons (Fsp3) is 0.629. The average molecular weight is 675 g/mol. The molecule has 0 unspecified atom stereocenters. The number of halogens is 1. The quantitative estimate of drug-likeness (QED) is 0.396. The maximum atomic E-state index is 13.5. The number of sulfonamides is 1. The van der Waals surface area contributed by atoms with E-state index in [0.29, 0.717) is 35.6 Å². The molecule has 4 aliphatic rings. The van der Waals surface area contributed by atoms with Crippen LogP contribution < -0.4 is 14.4 Å². The number of aliphatic hydroxyl groups is 1. The van der Waals surface area contributed by atoms with Crippen LogP contribution in [-0.4, -0.2) is 63.4 Å². The van der Waals surface area contributed by atoms with E-state index in [0.717, 1.165) is 69.3 Å².